The zero-order valence-corrected chi connectivity index (χ0v) is 12.1. The lowest BCUT2D eigenvalue weighted by Crippen LogP contribution is -2.35. The predicted molar refractivity (Wildman–Crippen MR) is 71.4 cm³/mol. The van der Waals surface area contributed by atoms with E-state index in [2.05, 4.69) is 0 Å². The minimum absolute atomic E-state index is 0.153. The standard InChI is InChI=1S/C12H15F2NO2S2/c1-2-3-12-15(6-7-18-12)19(16,17)11-5-4-9(13)8-10(11)14/h4-5,8,12H,2-3,6-7H2,1H3/t12-/m0/s1. The van der Waals surface area contributed by atoms with Gasteiger partial charge in [0.05, 0.1) is 5.37 Å². The average molecular weight is 307 g/mol. The molecule has 0 aliphatic carbocycles. The van der Waals surface area contributed by atoms with Gasteiger partial charge in [0.1, 0.15) is 16.5 Å². The lowest BCUT2D eigenvalue weighted by Gasteiger charge is -2.23. The van der Waals surface area contributed by atoms with Crippen LogP contribution in [-0.4, -0.2) is 30.4 Å². The number of sulfonamides is 1. The highest BCUT2D eigenvalue weighted by Crippen LogP contribution is 2.33. The summed E-state index contributed by atoms with van der Waals surface area (Å²) in [5, 5.41) is -0.153. The van der Waals surface area contributed by atoms with Crippen LogP contribution in [0.4, 0.5) is 8.78 Å². The molecule has 0 bridgehead atoms. The van der Waals surface area contributed by atoms with Gasteiger partial charge in [-0.25, -0.2) is 17.2 Å². The van der Waals surface area contributed by atoms with Crippen LogP contribution in [0.1, 0.15) is 19.8 Å². The Labute approximate surface area is 116 Å². The number of nitrogens with zero attached hydrogens (tertiary/aromatic N) is 1. The SMILES string of the molecule is CCC[C@@H]1SCCN1S(=O)(=O)c1ccc(F)cc1F. The number of hydrogen-bond acceptors (Lipinski definition) is 3. The summed E-state index contributed by atoms with van der Waals surface area (Å²) in [6.07, 6.45) is 1.59. The van der Waals surface area contributed by atoms with E-state index in [0.29, 0.717) is 18.4 Å². The lowest BCUT2D eigenvalue weighted by molar-refractivity contribution is 0.408. The van der Waals surface area contributed by atoms with E-state index in [0.717, 1.165) is 25.0 Å². The molecular weight excluding hydrogens is 292 g/mol. The van der Waals surface area contributed by atoms with Crippen molar-refractivity contribution < 1.29 is 17.2 Å². The highest BCUT2D eigenvalue weighted by Gasteiger charge is 2.36. The van der Waals surface area contributed by atoms with Crippen LogP contribution in [0, 0.1) is 11.6 Å². The van der Waals surface area contributed by atoms with Crippen LogP contribution in [0.3, 0.4) is 0 Å². The maximum absolute atomic E-state index is 13.7. The molecule has 1 atom stereocenters. The molecule has 1 heterocycles. The number of halogens is 2. The van der Waals surface area contributed by atoms with Crippen LogP contribution >= 0.6 is 11.8 Å². The summed E-state index contributed by atoms with van der Waals surface area (Å²) < 4.78 is 52.6. The van der Waals surface area contributed by atoms with E-state index in [4.69, 9.17) is 0 Å². The molecule has 0 amide bonds. The Hall–Kier alpha value is -0.660. The molecule has 19 heavy (non-hydrogen) atoms. The Kier molecular flexibility index (Phi) is 4.47. The van der Waals surface area contributed by atoms with E-state index in [1.54, 1.807) is 11.8 Å². The highest BCUT2D eigenvalue weighted by molar-refractivity contribution is 8.01. The molecule has 3 nitrogen and oxygen atoms in total. The molecule has 2 rings (SSSR count). The Bertz CT molecular complexity index is 563. The first kappa shape index (κ1) is 14.7. The lowest BCUT2D eigenvalue weighted by atomic mass is 10.3. The fourth-order valence-electron chi connectivity index (χ4n) is 2.07. The van der Waals surface area contributed by atoms with E-state index in [1.165, 1.54) is 4.31 Å². The molecule has 0 spiro atoms. The number of benzene rings is 1. The molecule has 106 valence electrons. The maximum atomic E-state index is 13.7. The fraction of sp³-hybridized carbons (Fsp3) is 0.500. The van der Waals surface area contributed by atoms with E-state index >= 15 is 0 Å². The molecule has 1 aliphatic heterocycles. The first-order chi connectivity index (χ1) is 8.96. The molecule has 7 heteroatoms. The monoisotopic (exact) mass is 307 g/mol. The molecule has 1 aromatic rings. The van der Waals surface area contributed by atoms with E-state index in [1.807, 2.05) is 6.92 Å². The van der Waals surface area contributed by atoms with Gasteiger partial charge in [-0.15, -0.1) is 11.8 Å². The third-order valence-electron chi connectivity index (χ3n) is 2.96. The second-order valence-corrected chi connectivity index (χ2v) is 7.45. The quantitative estimate of drug-likeness (QED) is 0.858. The van der Waals surface area contributed by atoms with Crippen molar-refractivity contribution in [3.8, 4) is 0 Å². The van der Waals surface area contributed by atoms with Gasteiger partial charge in [0.2, 0.25) is 10.0 Å². The van der Waals surface area contributed by atoms with Crippen LogP contribution in [0.5, 0.6) is 0 Å². The van der Waals surface area contributed by atoms with Gasteiger partial charge in [0.25, 0.3) is 0 Å². The fourth-order valence-corrected chi connectivity index (χ4v) is 5.50. The van der Waals surface area contributed by atoms with Crippen molar-refractivity contribution >= 4 is 21.8 Å². The summed E-state index contributed by atoms with van der Waals surface area (Å²) in [5.41, 5.74) is 0. The van der Waals surface area contributed by atoms with Crippen molar-refractivity contribution in [1.29, 1.82) is 0 Å². The molecular formula is C12H15F2NO2S2. The highest BCUT2D eigenvalue weighted by atomic mass is 32.2. The molecule has 1 saturated heterocycles. The molecule has 0 unspecified atom stereocenters. The second kappa shape index (κ2) is 5.76. The third-order valence-corrected chi connectivity index (χ3v) is 6.33. The van der Waals surface area contributed by atoms with E-state index in [9.17, 15) is 17.2 Å². The normalized spacial score (nSPS) is 20.9. The topological polar surface area (TPSA) is 37.4 Å². The molecule has 1 aliphatic rings. The average Bonchev–Trinajstić information content (AvgIpc) is 2.78. The molecule has 1 fully saturated rings. The van der Waals surface area contributed by atoms with Gasteiger partial charge < -0.3 is 0 Å². The van der Waals surface area contributed by atoms with E-state index in [-0.39, 0.29) is 5.37 Å². The minimum Gasteiger partial charge on any atom is -0.207 e. The second-order valence-electron chi connectivity index (χ2n) is 4.30. The summed E-state index contributed by atoms with van der Waals surface area (Å²) >= 11 is 1.56. The van der Waals surface area contributed by atoms with Crippen LogP contribution in [0.25, 0.3) is 0 Å². The van der Waals surface area contributed by atoms with Gasteiger partial charge in [-0.05, 0) is 18.6 Å². The van der Waals surface area contributed by atoms with E-state index < -0.39 is 26.6 Å². The van der Waals surface area contributed by atoms with Crippen LogP contribution in [-0.2, 0) is 10.0 Å². The number of thioether (sulfide) groups is 1. The van der Waals surface area contributed by atoms with Crippen LogP contribution in [0.2, 0.25) is 0 Å². The van der Waals surface area contributed by atoms with Gasteiger partial charge in [-0.2, -0.15) is 4.31 Å². The third kappa shape index (κ3) is 2.93. The van der Waals surface area contributed by atoms with Gasteiger partial charge >= 0.3 is 0 Å². The zero-order valence-electron chi connectivity index (χ0n) is 10.5. The van der Waals surface area contributed by atoms with Gasteiger partial charge in [-0.3, -0.25) is 0 Å². The predicted octanol–water partition coefficient (Wildman–Crippen LogP) is 2.83. The van der Waals surface area contributed by atoms with Gasteiger partial charge in [0, 0.05) is 18.4 Å². The molecule has 0 aromatic heterocycles. The van der Waals surface area contributed by atoms with Crippen molar-refractivity contribution in [2.24, 2.45) is 0 Å². The summed E-state index contributed by atoms with van der Waals surface area (Å²) in [5.74, 6) is -1.11. The minimum atomic E-state index is -3.89. The van der Waals surface area contributed by atoms with Gasteiger partial charge in [-0.1, -0.05) is 13.3 Å². The van der Waals surface area contributed by atoms with Crippen LogP contribution < -0.4 is 0 Å². The van der Waals surface area contributed by atoms with Crippen molar-refractivity contribution in [1.82, 2.24) is 4.31 Å². The van der Waals surface area contributed by atoms with Gasteiger partial charge in [0.15, 0.2) is 0 Å². The zero-order chi connectivity index (χ0) is 14.0. The summed E-state index contributed by atoms with van der Waals surface area (Å²) in [4.78, 5) is -0.447. The molecule has 0 N–H and O–H groups in total. The van der Waals surface area contributed by atoms with Crippen LogP contribution in [0.15, 0.2) is 23.1 Å². The largest absolute Gasteiger partial charge is 0.247 e. The summed E-state index contributed by atoms with van der Waals surface area (Å²) in [6.45, 7) is 2.34. The first-order valence-electron chi connectivity index (χ1n) is 6.05. The summed E-state index contributed by atoms with van der Waals surface area (Å²) in [6, 6.07) is 2.56. The Morgan fingerprint density at radius 3 is 2.79 bits per heavy atom. The molecule has 1 aromatic carbocycles. The van der Waals surface area contributed by atoms with Crippen molar-refractivity contribution in [3.63, 3.8) is 0 Å². The Morgan fingerprint density at radius 1 is 1.42 bits per heavy atom. The molecule has 0 saturated carbocycles. The smallest absolute Gasteiger partial charge is 0.207 e. The number of rotatable bonds is 4. The Balaban J connectivity index is 2.36. The number of hydrogen-bond donors (Lipinski definition) is 0. The first-order valence-corrected chi connectivity index (χ1v) is 8.54. The molecule has 0 radical (unpaired) electrons. The Morgan fingerprint density at radius 2 is 2.16 bits per heavy atom. The summed E-state index contributed by atoms with van der Waals surface area (Å²) in [7, 11) is -3.89. The van der Waals surface area contributed by atoms with Crippen molar-refractivity contribution in [3.05, 3.63) is 29.8 Å². The van der Waals surface area contributed by atoms with Crippen molar-refractivity contribution in [2.75, 3.05) is 12.3 Å². The maximum Gasteiger partial charge on any atom is 0.247 e. The van der Waals surface area contributed by atoms with Crippen molar-refractivity contribution in [2.45, 2.75) is 30.0 Å².